The summed E-state index contributed by atoms with van der Waals surface area (Å²) in [7, 11) is 0. The first kappa shape index (κ1) is 15.2. The number of carbonyl (C=O) groups excluding carboxylic acids is 1. The number of rotatable bonds is 3. The second-order valence-corrected chi connectivity index (χ2v) is 5.49. The highest BCUT2D eigenvalue weighted by atomic mass is 16.3. The molecule has 0 saturated carbocycles. The number of nitrogen functional groups attached to an aromatic ring is 1. The van der Waals surface area contributed by atoms with Crippen LogP contribution in [0.25, 0.3) is 0 Å². The molecule has 6 heteroatoms. The Bertz CT molecular complexity index is 743. The van der Waals surface area contributed by atoms with Crippen molar-refractivity contribution in [3.05, 3.63) is 59.9 Å². The lowest BCUT2D eigenvalue weighted by Gasteiger charge is -2.31. The van der Waals surface area contributed by atoms with Crippen molar-refractivity contribution >= 4 is 17.3 Å². The molecule has 0 aliphatic carbocycles. The third-order valence-electron chi connectivity index (χ3n) is 3.94. The van der Waals surface area contributed by atoms with Crippen LogP contribution in [0.5, 0.6) is 0 Å². The van der Waals surface area contributed by atoms with Crippen molar-refractivity contribution in [3.8, 4) is 0 Å². The van der Waals surface area contributed by atoms with Crippen molar-refractivity contribution < 1.29 is 9.90 Å². The van der Waals surface area contributed by atoms with Gasteiger partial charge in [-0.3, -0.25) is 9.78 Å². The van der Waals surface area contributed by atoms with Gasteiger partial charge >= 0.3 is 0 Å². The number of pyridine rings is 1. The van der Waals surface area contributed by atoms with Crippen LogP contribution in [0.4, 0.5) is 5.69 Å². The van der Waals surface area contributed by atoms with E-state index in [2.05, 4.69) is 10.1 Å². The minimum absolute atomic E-state index is 0.286. The van der Waals surface area contributed by atoms with Crippen LogP contribution in [-0.2, 0) is 5.72 Å². The number of aliphatic hydroxyl groups is 1. The standard InChI is InChI=1S/C17H18N4O2/c1-2-15-11-17(23,13-7-9-19-10-8-13)21(20-15)16(22)12-3-5-14(18)6-4-12/h3-10,23H,2,11,18H2,1H3/t17-/m1/s1. The van der Waals surface area contributed by atoms with Gasteiger partial charge in [-0.05, 0) is 42.8 Å². The third kappa shape index (κ3) is 2.68. The Morgan fingerprint density at radius 1 is 1.26 bits per heavy atom. The maximum Gasteiger partial charge on any atom is 0.276 e. The lowest BCUT2D eigenvalue weighted by Crippen LogP contribution is -2.43. The molecule has 1 aliphatic heterocycles. The Labute approximate surface area is 134 Å². The molecular weight excluding hydrogens is 292 g/mol. The summed E-state index contributed by atoms with van der Waals surface area (Å²) in [5.41, 5.74) is 6.52. The van der Waals surface area contributed by atoms with Gasteiger partial charge in [-0.2, -0.15) is 10.1 Å². The van der Waals surface area contributed by atoms with Crippen molar-refractivity contribution in [2.45, 2.75) is 25.5 Å². The van der Waals surface area contributed by atoms with Gasteiger partial charge in [-0.25, -0.2) is 0 Å². The number of hydrogen-bond acceptors (Lipinski definition) is 5. The van der Waals surface area contributed by atoms with Gasteiger partial charge in [0.05, 0.1) is 0 Å². The smallest absolute Gasteiger partial charge is 0.276 e. The lowest BCUT2D eigenvalue weighted by atomic mass is 9.97. The van der Waals surface area contributed by atoms with E-state index in [1.165, 1.54) is 0 Å². The highest BCUT2D eigenvalue weighted by molar-refractivity contribution is 5.98. The molecule has 6 nitrogen and oxygen atoms in total. The Kier molecular flexibility index (Phi) is 3.83. The number of amides is 1. The Balaban J connectivity index is 2.01. The van der Waals surface area contributed by atoms with Gasteiger partial charge in [-0.1, -0.05) is 6.92 Å². The molecule has 118 valence electrons. The monoisotopic (exact) mass is 310 g/mol. The fourth-order valence-corrected chi connectivity index (χ4v) is 2.62. The number of nitrogens with two attached hydrogens (primary N) is 1. The van der Waals surface area contributed by atoms with Crippen molar-refractivity contribution in [1.29, 1.82) is 0 Å². The normalized spacial score (nSPS) is 20.4. The number of anilines is 1. The molecule has 2 aromatic rings. The molecule has 0 spiro atoms. The SMILES string of the molecule is CCC1=NN(C(=O)c2ccc(N)cc2)[C@](O)(c2ccncc2)C1. The van der Waals surface area contributed by atoms with Gasteiger partial charge in [0.2, 0.25) is 0 Å². The van der Waals surface area contributed by atoms with Gasteiger partial charge in [-0.15, -0.1) is 0 Å². The minimum atomic E-state index is -1.49. The van der Waals surface area contributed by atoms with Gasteiger partial charge in [0.1, 0.15) is 0 Å². The Morgan fingerprint density at radius 2 is 1.91 bits per heavy atom. The van der Waals surface area contributed by atoms with E-state index in [1.54, 1.807) is 48.8 Å². The topological polar surface area (TPSA) is 91.8 Å². The van der Waals surface area contributed by atoms with Gasteiger partial charge in [0.15, 0.2) is 5.72 Å². The molecule has 1 atom stereocenters. The summed E-state index contributed by atoms with van der Waals surface area (Å²) in [5, 5.41) is 16.6. The summed E-state index contributed by atoms with van der Waals surface area (Å²) in [6.45, 7) is 1.95. The summed E-state index contributed by atoms with van der Waals surface area (Å²) in [5.74, 6) is -0.368. The zero-order valence-electron chi connectivity index (χ0n) is 12.8. The van der Waals surface area contributed by atoms with Crippen LogP contribution in [0, 0.1) is 0 Å². The van der Waals surface area contributed by atoms with E-state index < -0.39 is 5.72 Å². The van der Waals surface area contributed by atoms with Gasteiger partial charge in [0.25, 0.3) is 5.91 Å². The molecule has 0 unspecified atom stereocenters. The molecule has 1 amide bonds. The Morgan fingerprint density at radius 3 is 2.52 bits per heavy atom. The summed E-state index contributed by atoms with van der Waals surface area (Å²) in [6, 6.07) is 9.95. The molecule has 2 heterocycles. The maximum absolute atomic E-state index is 12.8. The first-order chi connectivity index (χ1) is 11.0. The van der Waals surface area contributed by atoms with Crippen LogP contribution in [0.15, 0.2) is 53.9 Å². The molecule has 0 radical (unpaired) electrons. The quantitative estimate of drug-likeness (QED) is 0.849. The molecule has 1 aliphatic rings. The van der Waals surface area contributed by atoms with Gasteiger partial charge < -0.3 is 10.8 Å². The molecular formula is C17H18N4O2. The zero-order valence-corrected chi connectivity index (χ0v) is 12.8. The Hall–Kier alpha value is -2.73. The maximum atomic E-state index is 12.8. The van der Waals surface area contributed by atoms with E-state index >= 15 is 0 Å². The van der Waals surface area contributed by atoms with Crippen molar-refractivity contribution in [2.24, 2.45) is 5.10 Å². The number of nitrogens with zero attached hydrogens (tertiary/aromatic N) is 3. The second-order valence-electron chi connectivity index (χ2n) is 5.49. The van der Waals surface area contributed by atoms with E-state index in [-0.39, 0.29) is 12.3 Å². The van der Waals surface area contributed by atoms with Crippen molar-refractivity contribution in [3.63, 3.8) is 0 Å². The minimum Gasteiger partial charge on any atom is -0.399 e. The summed E-state index contributed by atoms with van der Waals surface area (Å²) in [4.78, 5) is 16.8. The zero-order chi connectivity index (χ0) is 16.4. The number of hydrazone groups is 1. The molecule has 3 rings (SSSR count). The fourth-order valence-electron chi connectivity index (χ4n) is 2.62. The van der Waals surface area contributed by atoms with Crippen LogP contribution in [-0.4, -0.2) is 26.7 Å². The molecule has 23 heavy (non-hydrogen) atoms. The molecule has 1 aromatic heterocycles. The van der Waals surface area contributed by atoms with Crippen LogP contribution in [0.2, 0.25) is 0 Å². The predicted molar refractivity (Wildman–Crippen MR) is 87.5 cm³/mol. The number of aromatic nitrogens is 1. The largest absolute Gasteiger partial charge is 0.399 e. The third-order valence-corrected chi connectivity index (χ3v) is 3.94. The molecule has 1 aromatic carbocycles. The first-order valence-corrected chi connectivity index (χ1v) is 7.44. The summed E-state index contributed by atoms with van der Waals surface area (Å²) >= 11 is 0. The number of carbonyl (C=O) groups is 1. The van der Waals surface area contributed by atoms with Crippen LogP contribution < -0.4 is 5.73 Å². The fraction of sp³-hybridized carbons (Fsp3) is 0.235. The van der Waals surface area contributed by atoms with Crippen LogP contribution >= 0.6 is 0 Å². The summed E-state index contributed by atoms with van der Waals surface area (Å²) < 4.78 is 0. The number of hydrogen-bond donors (Lipinski definition) is 2. The molecule has 0 saturated heterocycles. The first-order valence-electron chi connectivity index (χ1n) is 7.44. The van der Waals surface area contributed by atoms with Crippen LogP contribution in [0.1, 0.15) is 35.7 Å². The van der Waals surface area contributed by atoms with E-state index in [0.717, 1.165) is 10.7 Å². The van der Waals surface area contributed by atoms with E-state index in [1.807, 2.05) is 6.92 Å². The van der Waals surface area contributed by atoms with E-state index in [0.29, 0.717) is 23.2 Å². The second kappa shape index (κ2) is 5.81. The molecule has 0 bridgehead atoms. The molecule has 0 fully saturated rings. The number of benzene rings is 1. The predicted octanol–water partition coefficient (Wildman–Crippen LogP) is 2.12. The average molecular weight is 310 g/mol. The molecule has 3 N–H and O–H groups in total. The highest BCUT2D eigenvalue weighted by Gasteiger charge is 2.45. The van der Waals surface area contributed by atoms with Gasteiger partial charge in [0, 0.05) is 41.3 Å². The van der Waals surface area contributed by atoms with Crippen molar-refractivity contribution in [2.75, 3.05) is 5.73 Å². The van der Waals surface area contributed by atoms with E-state index in [9.17, 15) is 9.90 Å². The lowest BCUT2D eigenvalue weighted by molar-refractivity contribution is -0.0766. The summed E-state index contributed by atoms with van der Waals surface area (Å²) in [6.07, 6.45) is 4.12. The highest BCUT2D eigenvalue weighted by Crippen LogP contribution is 2.36. The average Bonchev–Trinajstić information content (AvgIpc) is 2.94. The van der Waals surface area contributed by atoms with E-state index in [4.69, 9.17) is 5.73 Å². The van der Waals surface area contributed by atoms with Crippen molar-refractivity contribution in [1.82, 2.24) is 9.99 Å². The van der Waals surface area contributed by atoms with Crippen LogP contribution in [0.3, 0.4) is 0 Å².